The molecule has 0 amide bonds. The van der Waals surface area contributed by atoms with Gasteiger partial charge in [-0.3, -0.25) is 0 Å². The lowest BCUT2D eigenvalue weighted by Gasteiger charge is -2.18. The first-order valence-electron chi connectivity index (χ1n) is 6.01. The van der Waals surface area contributed by atoms with Gasteiger partial charge in [0.1, 0.15) is 10.7 Å². The number of hydrogen-bond donors (Lipinski definition) is 1. The number of carbonyl (C=O) groups excluding carboxylic acids is 1. The van der Waals surface area contributed by atoms with E-state index in [9.17, 15) is 18.0 Å². The molecule has 0 radical (unpaired) electrons. The molecule has 0 aliphatic carbocycles. The van der Waals surface area contributed by atoms with Crippen molar-refractivity contribution in [3.05, 3.63) is 29.3 Å². The first kappa shape index (κ1) is 17.2. The third-order valence-electron chi connectivity index (χ3n) is 2.49. The zero-order valence-electron chi connectivity index (χ0n) is 11.4. The van der Waals surface area contributed by atoms with Crippen molar-refractivity contribution in [1.82, 2.24) is 0 Å². The van der Waals surface area contributed by atoms with Gasteiger partial charge in [0.05, 0.1) is 12.2 Å². The number of halogens is 3. The second-order valence-corrected chi connectivity index (χ2v) is 4.52. The lowest BCUT2D eigenvalue weighted by Crippen LogP contribution is -2.27. The first-order valence-corrected chi connectivity index (χ1v) is 6.42. The predicted octanol–water partition coefficient (Wildman–Crippen LogP) is 2.67. The summed E-state index contributed by atoms with van der Waals surface area (Å²) in [7, 11) is 0. The molecule has 0 aromatic heterocycles. The highest BCUT2D eigenvalue weighted by Gasteiger charge is 2.35. The molecule has 1 atom stereocenters. The summed E-state index contributed by atoms with van der Waals surface area (Å²) in [6.45, 7) is 3.00. The molecule has 0 aliphatic rings. The molecule has 1 aromatic carbocycles. The normalized spacial score (nSPS) is 12.6. The highest BCUT2D eigenvalue weighted by atomic mass is 32.1. The SMILES string of the molecule is CCOC(=O)C(C)Oc1ccc(C(N)=S)cc1C(F)(F)F. The standard InChI is InChI=1S/C13H14F3NO3S/c1-3-19-12(18)7(2)20-10-5-4-8(11(17)21)6-9(10)13(14,15)16/h4-7H,3H2,1-2H3,(H2,17,21). The van der Waals surface area contributed by atoms with Crippen LogP contribution in [0.1, 0.15) is 25.0 Å². The van der Waals surface area contributed by atoms with E-state index in [0.717, 1.165) is 12.1 Å². The molecule has 21 heavy (non-hydrogen) atoms. The smallest absolute Gasteiger partial charge is 0.419 e. The van der Waals surface area contributed by atoms with Gasteiger partial charge in [0.2, 0.25) is 0 Å². The molecule has 0 aliphatic heterocycles. The van der Waals surface area contributed by atoms with Crippen LogP contribution in [0.4, 0.5) is 13.2 Å². The van der Waals surface area contributed by atoms with Gasteiger partial charge >= 0.3 is 12.1 Å². The molecule has 2 N–H and O–H groups in total. The van der Waals surface area contributed by atoms with Crippen molar-refractivity contribution in [2.75, 3.05) is 6.61 Å². The van der Waals surface area contributed by atoms with Crippen LogP contribution in [-0.2, 0) is 15.7 Å². The zero-order chi connectivity index (χ0) is 16.2. The molecule has 8 heteroatoms. The van der Waals surface area contributed by atoms with E-state index in [1.165, 1.54) is 13.0 Å². The molecule has 0 bridgehead atoms. The number of carbonyl (C=O) groups is 1. The maximum Gasteiger partial charge on any atom is 0.419 e. The van der Waals surface area contributed by atoms with Crippen molar-refractivity contribution in [2.45, 2.75) is 26.1 Å². The molecule has 1 aromatic rings. The molecule has 0 spiro atoms. The van der Waals surface area contributed by atoms with Crippen molar-refractivity contribution in [2.24, 2.45) is 5.73 Å². The second-order valence-electron chi connectivity index (χ2n) is 4.09. The molecule has 116 valence electrons. The van der Waals surface area contributed by atoms with E-state index in [4.69, 9.17) is 10.5 Å². The van der Waals surface area contributed by atoms with Crippen LogP contribution in [0.2, 0.25) is 0 Å². The molecule has 0 fully saturated rings. The fraction of sp³-hybridized carbons (Fsp3) is 0.385. The third-order valence-corrected chi connectivity index (χ3v) is 2.73. The molecule has 4 nitrogen and oxygen atoms in total. The number of esters is 1. The van der Waals surface area contributed by atoms with Crippen LogP contribution in [0.25, 0.3) is 0 Å². The Morgan fingerprint density at radius 1 is 1.43 bits per heavy atom. The average Bonchev–Trinajstić information content (AvgIpc) is 2.37. The van der Waals surface area contributed by atoms with Crippen LogP contribution in [-0.4, -0.2) is 23.7 Å². The Morgan fingerprint density at radius 3 is 2.52 bits per heavy atom. The maximum atomic E-state index is 13.0. The van der Waals surface area contributed by atoms with Crippen LogP contribution in [0.5, 0.6) is 5.75 Å². The lowest BCUT2D eigenvalue weighted by molar-refractivity contribution is -0.152. The topological polar surface area (TPSA) is 61.5 Å². The monoisotopic (exact) mass is 321 g/mol. The van der Waals surface area contributed by atoms with Gasteiger partial charge in [0.15, 0.2) is 6.10 Å². The Bertz CT molecular complexity index is 546. The number of rotatable bonds is 5. The van der Waals surface area contributed by atoms with E-state index in [-0.39, 0.29) is 17.2 Å². The second kappa shape index (κ2) is 6.75. The molecule has 1 unspecified atom stereocenters. The summed E-state index contributed by atoms with van der Waals surface area (Å²) in [6, 6.07) is 3.16. The Morgan fingerprint density at radius 2 is 2.05 bits per heavy atom. The quantitative estimate of drug-likeness (QED) is 0.667. The highest BCUT2D eigenvalue weighted by Crippen LogP contribution is 2.37. The fourth-order valence-electron chi connectivity index (χ4n) is 1.51. The summed E-state index contributed by atoms with van der Waals surface area (Å²) in [5.41, 5.74) is 4.33. The molecule has 0 saturated carbocycles. The van der Waals surface area contributed by atoms with Crippen LogP contribution in [0.3, 0.4) is 0 Å². The number of ether oxygens (including phenoxy) is 2. The maximum absolute atomic E-state index is 13.0. The summed E-state index contributed by atoms with van der Waals surface area (Å²) < 4.78 is 48.8. The van der Waals surface area contributed by atoms with E-state index < -0.39 is 29.6 Å². The Labute approximate surface area is 125 Å². The average molecular weight is 321 g/mol. The Hall–Kier alpha value is -1.83. The number of nitrogens with two attached hydrogens (primary N) is 1. The number of thiocarbonyl (C=S) groups is 1. The predicted molar refractivity (Wildman–Crippen MR) is 74.1 cm³/mol. The minimum absolute atomic E-state index is 0.0634. The van der Waals surface area contributed by atoms with Crippen LogP contribution >= 0.6 is 12.2 Å². The molecular weight excluding hydrogens is 307 g/mol. The number of hydrogen-bond acceptors (Lipinski definition) is 4. The molecule has 1 rings (SSSR count). The number of alkyl halides is 3. The van der Waals surface area contributed by atoms with Gasteiger partial charge in [0, 0.05) is 5.56 Å². The van der Waals surface area contributed by atoms with E-state index in [1.54, 1.807) is 6.92 Å². The van der Waals surface area contributed by atoms with E-state index in [2.05, 4.69) is 17.0 Å². The van der Waals surface area contributed by atoms with Gasteiger partial charge in [-0.1, -0.05) is 12.2 Å². The van der Waals surface area contributed by atoms with E-state index in [1.807, 2.05) is 0 Å². The zero-order valence-corrected chi connectivity index (χ0v) is 12.2. The van der Waals surface area contributed by atoms with Crippen LogP contribution in [0, 0.1) is 0 Å². The molecule has 0 heterocycles. The minimum Gasteiger partial charge on any atom is -0.478 e. The molecular formula is C13H14F3NO3S. The van der Waals surface area contributed by atoms with E-state index >= 15 is 0 Å². The van der Waals surface area contributed by atoms with Gasteiger partial charge in [-0.05, 0) is 32.0 Å². The highest BCUT2D eigenvalue weighted by molar-refractivity contribution is 7.80. The summed E-state index contributed by atoms with van der Waals surface area (Å²) in [4.78, 5) is 11.3. The summed E-state index contributed by atoms with van der Waals surface area (Å²) in [5.74, 6) is -1.23. The van der Waals surface area contributed by atoms with Crippen molar-refractivity contribution >= 4 is 23.2 Å². The summed E-state index contributed by atoms with van der Waals surface area (Å²) >= 11 is 4.65. The Kier molecular flexibility index (Phi) is 5.54. The van der Waals surface area contributed by atoms with Crippen LogP contribution in [0.15, 0.2) is 18.2 Å². The number of benzene rings is 1. The minimum atomic E-state index is -4.66. The van der Waals surface area contributed by atoms with Crippen molar-refractivity contribution < 1.29 is 27.4 Å². The van der Waals surface area contributed by atoms with Gasteiger partial charge in [-0.25, -0.2) is 4.79 Å². The van der Waals surface area contributed by atoms with Crippen molar-refractivity contribution in [1.29, 1.82) is 0 Å². The fourth-order valence-corrected chi connectivity index (χ4v) is 1.63. The summed E-state index contributed by atoms with van der Waals surface area (Å²) in [6.07, 6.45) is -5.83. The first-order chi connectivity index (χ1) is 9.66. The van der Waals surface area contributed by atoms with Gasteiger partial charge in [-0.15, -0.1) is 0 Å². The lowest BCUT2D eigenvalue weighted by atomic mass is 10.1. The third kappa shape index (κ3) is 4.59. The van der Waals surface area contributed by atoms with Crippen LogP contribution < -0.4 is 10.5 Å². The van der Waals surface area contributed by atoms with E-state index in [0.29, 0.717) is 0 Å². The molecule has 0 saturated heterocycles. The Balaban J connectivity index is 3.12. The largest absolute Gasteiger partial charge is 0.478 e. The van der Waals surface area contributed by atoms with Gasteiger partial charge < -0.3 is 15.2 Å². The summed E-state index contributed by atoms with van der Waals surface area (Å²) in [5, 5.41) is 0. The van der Waals surface area contributed by atoms with Crippen molar-refractivity contribution in [3.63, 3.8) is 0 Å². The van der Waals surface area contributed by atoms with Gasteiger partial charge in [0.25, 0.3) is 0 Å². The van der Waals surface area contributed by atoms with Crippen molar-refractivity contribution in [3.8, 4) is 5.75 Å². The van der Waals surface area contributed by atoms with Gasteiger partial charge in [-0.2, -0.15) is 13.2 Å².